The normalized spacial score (nSPS) is 15.2. The molecule has 1 aliphatic heterocycles. The molecule has 0 atom stereocenters. The Kier molecular flexibility index (Phi) is 7.31. The maximum Gasteiger partial charge on any atom is 0.416 e. The number of benzene rings is 2. The van der Waals surface area contributed by atoms with Gasteiger partial charge in [0, 0.05) is 24.3 Å². The Morgan fingerprint density at radius 3 is 2.39 bits per heavy atom. The molecule has 0 spiro atoms. The molecule has 33 heavy (non-hydrogen) atoms. The smallest absolute Gasteiger partial charge is 0.416 e. The number of hydrogen-bond acceptors (Lipinski definition) is 5. The summed E-state index contributed by atoms with van der Waals surface area (Å²) in [5, 5.41) is 0. The number of likely N-dealkylation sites (tertiary alicyclic amines) is 1. The predicted octanol–water partition coefficient (Wildman–Crippen LogP) is 3.92. The zero-order valence-corrected chi connectivity index (χ0v) is 18.6. The molecule has 1 fully saturated rings. The van der Waals surface area contributed by atoms with Gasteiger partial charge in [0.15, 0.2) is 0 Å². The van der Waals surface area contributed by atoms with Gasteiger partial charge in [-0.3, -0.25) is 14.3 Å². The van der Waals surface area contributed by atoms with Gasteiger partial charge in [-0.25, -0.2) is 8.42 Å². The molecule has 1 aliphatic rings. The van der Waals surface area contributed by atoms with Gasteiger partial charge in [-0.05, 0) is 56.2 Å². The van der Waals surface area contributed by atoms with Crippen LogP contribution in [-0.2, 0) is 25.7 Å². The van der Waals surface area contributed by atoms with Crippen LogP contribution in [0.15, 0.2) is 53.4 Å². The average molecular weight is 484 g/mol. The van der Waals surface area contributed by atoms with E-state index in [1.54, 1.807) is 6.92 Å². The van der Waals surface area contributed by atoms with Crippen molar-refractivity contribution in [1.29, 1.82) is 0 Å². The molecule has 1 amide bonds. The molecule has 0 aromatic heterocycles. The molecule has 3 rings (SSSR count). The number of sulfonamides is 1. The summed E-state index contributed by atoms with van der Waals surface area (Å²) in [7, 11) is -4.24. The summed E-state index contributed by atoms with van der Waals surface area (Å²) < 4.78 is 71.3. The van der Waals surface area contributed by atoms with Gasteiger partial charge in [-0.15, -0.1) is 0 Å². The molecule has 11 heteroatoms. The first-order chi connectivity index (χ1) is 15.5. The molecule has 0 bridgehead atoms. The first-order valence-corrected chi connectivity index (χ1v) is 11.8. The highest BCUT2D eigenvalue weighted by Gasteiger charge is 2.31. The lowest BCUT2D eigenvalue weighted by Crippen LogP contribution is -2.40. The van der Waals surface area contributed by atoms with E-state index in [1.165, 1.54) is 35.2 Å². The summed E-state index contributed by atoms with van der Waals surface area (Å²) in [6.45, 7) is 2.65. The fourth-order valence-corrected chi connectivity index (χ4v) is 4.63. The minimum Gasteiger partial charge on any atom is -0.466 e. The van der Waals surface area contributed by atoms with E-state index in [9.17, 15) is 31.2 Å². The topological polar surface area (TPSA) is 92.8 Å². The predicted molar refractivity (Wildman–Crippen MR) is 114 cm³/mol. The second-order valence-electron chi connectivity index (χ2n) is 7.53. The van der Waals surface area contributed by atoms with E-state index in [0.717, 1.165) is 12.1 Å². The first kappa shape index (κ1) is 24.6. The summed E-state index contributed by atoms with van der Waals surface area (Å²) in [5.41, 5.74) is -1.11. The van der Waals surface area contributed by atoms with Gasteiger partial charge in [0.1, 0.15) is 0 Å². The molecular weight excluding hydrogens is 461 g/mol. The lowest BCUT2D eigenvalue weighted by atomic mass is 9.96. The largest absolute Gasteiger partial charge is 0.466 e. The van der Waals surface area contributed by atoms with E-state index in [1.807, 2.05) is 0 Å². The molecule has 2 aromatic rings. The minimum absolute atomic E-state index is 0.122. The van der Waals surface area contributed by atoms with Crippen LogP contribution in [0.25, 0.3) is 0 Å². The van der Waals surface area contributed by atoms with Crippen molar-refractivity contribution in [2.24, 2.45) is 5.92 Å². The average Bonchev–Trinajstić information content (AvgIpc) is 2.78. The number of hydrogen-bond donors (Lipinski definition) is 1. The Hall–Kier alpha value is -3.08. The number of carbonyl (C=O) groups excluding carboxylic acids is 2. The summed E-state index contributed by atoms with van der Waals surface area (Å²) in [4.78, 5) is 26.0. The van der Waals surface area contributed by atoms with Crippen LogP contribution in [0.1, 0.15) is 35.7 Å². The Labute approximate surface area is 189 Å². The van der Waals surface area contributed by atoms with Crippen molar-refractivity contribution in [3.8, 4) is 0 Å². The van der Waals surface area contributed by atoms with E-state index in [0.29, 0.717) is 32.0 Å². The van der Waals surface area contributed by atoms with Crippen LogP contribution in [0.4, 0.5) is 18.9 Å². The van der Waals surface area contributed by atoms with Crippen molar-refractivity contribution in [3.63, 3.8) is 0 Å². The lowest BCUT2D eigenvalue weighted by Gasteiger charge is -2.31. The van der Waals surface area contributed by atoms with E-state index >= 15 is 0 Å². The second-order valence-corrected chi connectivity index (χ2v) is 9.21. The van der Waals surface area contributed by atoms with Crippen LogP contribution in [0.3, 0.4) is 0 Å². The molecule has 0 unspecified atom stereocenters. The van der Waals surface area contributed by atoms with E-state index in [2.05, 4.69) is 4.72 Å². The number of piperidine rings is 1. The summed E-state index contributed by atoms with van der Waals surface area (Å²) in [6.07, 6.45) is -3.73. The van der Waals surface area contributed by atoms with Gasteiger partial charge >= 0.3 is 12.1 Å². The van der Waals surface area contributed by atoms with Crippen LogP contribution >= 0.6 is 0 Å². The van der Waals surface area contributed by atoms with E-state index in [4.69, 9.17) is 4.74 Å². The summed E-state index contributed by atoms with van der Waals surface area (Å²) >= 11 is 0. The number of anilines is 1. The van der Waals surface area contributed by atoms with Crippen molar-refractivity contribution in [1.82, 2.24) is 4.90 Å². The van der Waals surface area contributed by atoms with Crippen LogP contribution < -0.4 is 4.72 Å². The van der Waals surface area contributed by atoms with Gasteiger partial charge in [0.25, 0.3) is 15.9 Å². The summed E-state index contributed by atoms with van der Waals surface area (Å²) in [6, 6.07) is 9.11. The molecule has 1 N–H and O–H groups in total. The van der Waals surface area contributed by atoms with Crippen LogP contribution in [0.5, 0.6) is 0 Å². The summed E-state index contributed by atoms with van der Waals surface area (Å²) in [5.74, 6) is -0.968. The molecule has 7 nitrogen and oxygen atoms in total. The number of carbonyl (C=O) groups is 2. The standard InChI is InChI=1S/C22H23F3N2O5S/c1-2-32-21(29)15-9-11-27(12-10-15)20(28)16-5-3-8-19(13-16)33(30,31)26-18-7-4-6-17(14-18)22(23,24)25/h3-8,13-15,26H,2,9-12H2,1H3. The molecule has 2 aromatic carbocycles. The van der Waals surface area contributed by atoms with Gasteiger partial charge in [-0.2, -0.15) is 13.2 Å². The third-order valence-corrected chi connectivity index (χ3v) is 6.61. The van der Waals surface area contributed by atoms with Gasteiger partial charge < -0.3 is 9.64 Å². The van der Waals surface area contributed by atoms with E-state index in [-0.39, 0.29) is 34.6 Å². The third-order valence-electron chi connectivity index (χ3n) is 5.24. The number of ether oxygens (including phenoxy) is 1. The van der Waals surface area contributed by atoms with Crippen molar-refractivity contribution in [2.75, 3.05) is 24.4 Å². The highest BCUT2D eigenvalue weighted by molar-refractivity contribution is 7.92. The first-order valence-electron chi connectivity index (χ1n) is 10.3. The molecule has 1 heterocycles. The Morgan fingerprint density at radius 1 is 1.09 bits per heavy atom. The van der Waals surface area contributed by atoms with Crippen molar-refractivity contribution < 1.29 is 35.9 Å². The van der Waals surface area contributed by atoms with Crippen LogP contribution in [-0.4, -0.2) is 44.9 Å². The maximum atomic E-state index is 12.9. The van der Waals surface area contributed by atoms with Gasteiger partial charge in [0.2, 0.25) is 0 Å². The Balaban J connectivity index is 1.73. The fraction of sp³-hybridized carbons (Fsp3) is 0.364. The number of rotatable bonds is 6. The number of alkyl halides is 3. The zero-order chi connectivity index (χ0) is 24.2. The van der Waals surface area contributed by atoms with Crippen molar-refractivity contribution >= 4 is 27.6 Å². The highest BCUT2D eigenvalue weighted by Crippen LogP contribution is 2.31. The molecule has 0 saturated carbocycles. The monoisotopic (exact) mass is 484 g/mol. The number of nitrogens with one attached hydrogen (secondary N) is 1. The SMILES string of the molecule is CCOC(=O)C1CCN(C(=O)c2cccc(S(=O)(=O)Nc3cccc(C(F)(F)F)c3)c2)CC1. The molecular formula is C22H23F3N2O5S. The number of nitrogens with zero attached hydrogens (tertiary/aromatic N) is 1. The molecule has 0 radical (unpaired) electrons. The third kappa shape index (κ3) is 6.04. The molecule has 1 saturated heterocycles. The highest BCUT2D eigenvalue weighted by atomic mass is 32.2. The Bertz CT molecular complexity index is 1130. The minimum atomic E-state index is -4.62. The number of esters is 1. The maximum absolute atomic E-state index is 12.9. The van der Waals surface area contributed by atoms with E-state index < -0.39 is 27.7 Å². The van der Waals surface area contributed by atoms with Crippen molar-refractivity contribution in [3.05, 3.63) is 59.7 Å². The van der Waals surface area contributed by atoms with Crippen molar-refractivity contribution in [2.45, 2.75) is 30.8 Å². The number of amides is 1. The lowest BCUT2D eigenvalue weighted by molar-refractivity contribution is -0.149. The molecule has 0 aliphatic carbocycles. The Morgan fingerprint density at radius 2 is 1.76 bits per heavy atom. The van der Waals surface area contributed by atoms with Crippen LogP contribution in [0.2, 0.25) is 0 Å². The van der Waals surface area contributed by atoms with Gasteiger partial charge in [-0.1, -0.05) is 12.1 Å². The quantitative estimate of drug-likeness (QED) is 0.628. The number of halogens is 3. The van der Waals surface area contributed by atoms with Gasteiger partial charge in [0.05, 0.1) is 23.0 Å². The molecule has 178 valence electrons. The zero-order valence-electron chi connectivity index (χ0n) is 17.8. The van der Waals surface area contributed by atoms with Crippen LogP contribution in [0, 0.1) is 5.92 Å². The second kappa shape index (κ2) is 9.82. The fourth-order valence-electron chi connectivity index (χ4n) is 3.53.